The Hall–Kier alpha value is -2.49. The number of methoxy groups -OCH3 is 1. The zero-order valence-corrected chi connectivity index (χ0v) is 11.6. The number of rotatable bonds is 4. The molecule has 0 aliphatic heterocycles. The van der Waals surface area contributed by atoms with Gasteiger partial charge in [-0.15, -0.1) is 0 Å². The predicted molar refractivity (Wildman–Crippen MR) is 77.7 cm³/mol. The van der Waals surface area contributed by atoms with Gasteiger partial charge in [-0.1, -0.05) is 30.3 Å². The molecule has 0 bridgehead atoms. The van der Waals surface area contributed by atoms with Crippen LogP contribution in [0.2, 0.25) is 0 Å². The van der Waals surface area contributed by atoms with Gasteiger partial charge in [-0.05, 0) is 24.6 Å². The number of aryl methyl sites for hydroxylation is 1. The molecule has 0 radical (unpaired) electrons. The van der Waals surface area contributed by atoms with Crippen LogP contribution in [0.3, 0.4) is 0 Å². The molecule has 0 aliphatic rings. The van der Waals surface area contributed by atoms with E-state index in [0.29, 0.717) is 17.0 Å². The van der Waals surface area contributed by atoms with Crippen molar-refractivity contribution in [3.8, 4) is 5.75 Å². The van der Waals surface area contributed by atoms with Gasteiger partial charge in [-0.2, -0.15) is 0 Å². The molecule has 2 rings (SSSR count). The fraction of sp³-hybridized carbons (Fsp3) is 0.188. The number of nitrogen functional groups attached to an aromatic ring is 1. The van der Waals surface area contributed by atoms with E-state index >= 15 is 0 Å². The second-order valence-corrected chi connectivity index (χ2v) is 4.42. The normalized spacial score (nSPS) is 10.1. The van der Waals surface area contributed by atoms with Crippen molar-refractivity contribution in [3.05, 3.63) is 59.2 Å². The van der Waals surface area contributed by atoms with Crippen LogP contribution in [0.15, 0.2) is 42.5 Å². The monoisotopic (exact) mass is 271 g/mol. The van der Waals surface area contributed by atoms with Gasteiger partial charge < -0.3 is 15.2 Å². The molecule has 0 heterocycles. The van der Waals surface area contributed by atoms with E-state index in [1.807, 2.05) is 37.3 Å². The molecule has 0 aromatic heterocycles. The van der Waals surface area contributed by atoms with Gasteiger partial charge in [0.25, 0.3) is 0 Å². The molecule has 0 fully saturated rings. The van der Waals surface area contributed by atoms with Crippen LogP contribution in [0.1, 0.15) is 21.5 Å². The summed E-state index contributed by atoms with van der Waals surface area (Å²) in [6.07, 6.45) is 0. The molecule has 2 aromatic rings. The maximum absolute atomic E-state index is 12.0. The maximum Gasteiger partial charge on any atom is 0.340 e. The van der Waals surface area contributed by atoms with Crippen molar-refractivity contribution in [1.82, 2.24) is 0 Å². The lowest BCUT2D eigenvalue weighted by molar-refractivity contribution is 0.0471. The molecular weight excluding hydrogens is 254 g/mol. The van der Waals surface area contributed by atoms with Gasteiger partial charge in [-0.3, -0.25) is 0 Å². The van der Waals surface area contributed by atoms with E-state index in [1.54, 1.807) is 19.2 Å². The first kappa shape index (κ1) is 13.9. The number of hydrogen-bond donors (Lipinski definition) is 1. The number of anilines is 1. The Morgan fingerprint density at radius 3 is 2.65 bits per heavy atom. The lowest BCUT2D eigenvalue weighted by Crippen LogP contribution is -2.09. The van der Waals surface area contributed by atoms with Crippen molar-refractivity contribution < 1.29 is 14.3 Å². The fourth-order valence-corrected chi connectivity index (χ4v) is 1.90. The van der Waals surface area contributed by atoms with E-state index in [1.165, 1.54) is 0 Å². The minimum absolute atomic E-state index is 0.149. The standard InChI is InChI=1S/C16H17NO3/c1-11-6-5-8-13(15(11)17)16(18)20-10-12-7-3-4-9-14(12)19-2/h3-9H,10,17H2,1-2H3. The van der Waals surface area contributed by atoms with Crippen molar-refractivity contribution in [2.75, 3.05) is 12.8 Å². The third kappa shape index (κ3) is 2.91. The third-order valence-electron chi connectivity index (χ3n) is 3.10. The van der Waals surface area contributed by atoms with Crippen molar-refractivity contribution in [1.29, 1.82) is 0 Å². The minimum atomic E-state index is -0.433. The number of esters is 1. The van der Waals surface area contributed by atoms with Gasteiger partial charge in [-0.25, -0.2) is 4.79 Å². The SMILES string of the molecule is COc1ccccc1COC(=O)c1cccc(C)c1N. The highest BCUT2D eigenvalue weighted by Gasteiger charge is 2.13. The average molecular weight is 271 g/mol. The van der Waals surface area contributed by atoms with E-state index in [9.17, 15) is 4.79 Å². The number of benzene rings is 2. The third-order valence-corrected chi connectivity index (χ3v) is 3.10. The average Bonchev–Trinajstić information content (AvgIpc) is 2.48. The van der Waals surface area contributed by atoms with Crippen LogP contribution in [-0.2, 0) is 11.3 Å². The van der Waals surface area contributed by atoms with Gasteiger partial charge in [0.1, 0.15) is 12.4 Å². The van der Waals surface area contributed by atoms with Crippen LogP contribution < -0.4 is 10.5 Å². The molecule has 4 nitrogen and oxygen atoms in total. The van der Waals surface area contributed by atoms with Crippen molar-refractivity contribution in [2.24, 2.45) is 0 Å². The molecule has 0 saturated heterocycles. The Kier molecular flexibility index (Phi) is 4.25. The number of para-hydroxylation sites is 2. The number of carbonyl (C=O) groups is 1. The predicted octanol–water partition coefficient (Wildman–Crippen LogP) is 2.94. The summed E-state index contributed by atoms with van der Waals surface area (Å²) in [6.45, 7) is 2.00. The van der Waals surface area contributed by atoms with Crippen LogP contribution in [-0.4, -0.2) is 13.1 Å². The zero-order chi connectivity index (χ0) is 14.5. The van der Waals surface area contributed by atoms with Crippen molar-refractivity contribution in [3.63, 3.8) is 0 Å². The van der Waals surface area contributed by atoms with E-state index < -0.39 is 5.97 Å². The van der Waals surface area contributed by atoms with E-state index in [-0.39, 0.29) is 6.61 Å². The van der Waals surface area contributed by atoms with E-state index in [4.69, 9.17) is 15.2 Å². The summed E-state index contributed by atoms with van der Waals surface area (Å²) in [4.78, 5) is 12.0. The second-order valence-electron chi connectivity index (χ2n) is 4.42. The number of carbonyl (C=O) groups excluding carboxylic acids is 1. The molecule has 0 atom stereocenters. The first-order valence-electron chi connectivity index (χ1n) is 6.27. The lowest BCUT2D eigenvalue weighted by atomic mass is 10.1. The van der Waals surface area contributed by atoms with Gasteiger partial charge in [0, 0.05) is 11.3 Å². The molecule has 104 valence electrons. The second kappa shape index (κ2) is 6.10. The molecule has 0 saturated carbocycles. The first-order chi connectivity index (χ1) is 9.63. The summed E-state index contributed by atoms with van der Waals surface area (Å²) in [5.41, 5.74) is 8.40. The van der Waals surface area contributed by atoms with E-state index in [2.05, 4.69) is 0 Å². The Bertz CT molecular complexity index is 623. The summed E-state index contributed by atoms with van der Waals surface area (Å²) in [7, 11) is 1.58. The van der Waals surface area contributed by atoms with Gasteiger partial charge in [0.05, 0.1) is 12.7 Å². The number of hydrogen-bond acceptors (Lipinski definition) is 4. The van der Waals surface area contributed by atoms with Crippen molar-refractivity contribution >= 4 is 11.7 Å². The molecule has 4 heteroatoms. The van der Waals surface area contributed by atoms with Gasteiger partial charge >= 0.3 is 5.97 Å². The van der Waals surface area contributed by atoms with Crippen LogP contribution in [0.25, 0.3) is 0 Å². The molecule has 0 aliphatic carbocycles. The van der Waals surface area contributed by atoms with Gasteiger partial charge in [0.2, 0.25) is 0 Å². The molecule has 2 aromatic carbocycles. The Balaban J connectivity index is 2.11. The Morgan fingerprint density at radius 1 is 1.15 bits per heavy atom. The smallest absolute Gasteiger partial charge is 0.340 e. The molecule has 0 amide bonds. The largest absolute Gasteiger partial charge is 0.496 e. The Morgan fingerprint density at radius 2 is 1.90 bits per heavy atom. The minimum Gasteiger partial charge on any atom is -0.496 e. The summed E-state index contributed by atoms with van der Waals surface area (Å²) < 4.78 is 10.5. The lowest BCUT2D eigenvalue weighted by Gasteiger charge is -2.10. The summed E-state index contributed by atoms with van der Waals surface area (Å²) >= 11 is 0. The topological polar surface area (TPSA) is 61.5 Å². The van der Waals surface area contributed by atoms with E-state index in [0.717, 1.165) is 11.1 Å². The van der Waals surface area contributed by atoms with Gasteiger partial charge in [0.15, 0.2) is 0 Å². The summed E-state index contributed by atoms with van der Waals surface area (Å²) in [5, 5.41) is 0. The molecule has 20 heavy (non-hydrogen) atoms. The van der Waals surface area contributed by atoms with Crippen LogP contribution in [0.5, 0.6) is 5.75 Å². The summed E-state index contributed by atoms with van der Waals surface area (Å²) in [6, 6.07) is 12.7. The summed E-state index contributed by atoms with van der Waals surface area (Å²) in [5.74, 6) is 0.259. The molecule has 0 unspecified atom stereocenters. The number of ether oxygens (including phenoxy) is 2. The van der Waals surface area contributed by atoms with Crippen molar-refractivity contribution in [2.45, 2.75) is 13.5 Å². The highest BCUT2D eigenvalue weighted by molar-refractivity contribution is 5.95. The molecule has 0 spiro atoms. The number of nitrogens with two attached hydrogens (primary N) is 1. The van der Waals surface area contributed by atoms with Crippen LogP contribution >= 0.6 is 0 Å². The quantitative estimate of drug-likeness (QED) is 0.686. The van der Waals surface area contributed by atoms with Crippen LogP contribution in [0, 0.1) is 6.92 Å². The van der Waals surface area contributed by atoms with Crippen LogP contribution in [0.4, 0.5) is 5.69 Å². The maximum atomic E-state index is 12.0. The highest BCUT2D eigenvalue weighted by atomic mass is 16.5. The Labute approximate surface area is 118 Å². The molecular formula is C16H17NO3. The fourth-order valence-electron chi connectivity index (χ4n) is 1.90. The zero-order valence-electron chi connectivity index (χ0n) is 11.6. The first-order valence-corrected chi connectivity index (χ1v) is 6.27. The highest BCUT2D eigenvalue weighted by Crippen LogP contribution is 2.21. The molecule has 2 N–H and O–H groups in total.